The van der Waals surface area contributed by atoms with Crippen LogP contribution >= 0.6 is 11.5 Å². The average molecular weight is 307 g/mol. The molecule has 0 fully saturated rings. The van der Waals surface area contributed by atoms with Gasteiger partial charge in [-0.15, -0.1) is 0 Å². The Hall–Kier alpha value is -2.55. The van der Waals surface area contributed by atoms with Gasteiger partial charge in [-0.3, -0.25) is 15.0 Å². The maximum atomic E-state index is 12.3. The number of anilines is 2. The number of carboxylic acids is 1. The third-order valence-corrected chi connectivity index (χ3v) is 3.11. The van der Waals surface area contributed by atoms with Crippen molar-refractivity contribution in [2.24, 2.45) is 0 Å². The molecule has 2 rings (SSSR count). The second kappa shape index (κ2) is 7.29. The number of rotatable bonds is 6. The van der Waals surface area contributed by atoms with Crippen molar-refractivity contribution in [1.29, 1.82) is 0 Å². The van der Waals surface area contributed by atoms with Gasteiger partial charge in [0.2, 0.25) is 5.13 Å². The molecule has 0 atom stereocenters. The zero-order valence-corrected chi connectivity index (χ0v) is 11.8. The Morgan fingerprint density at radius 2 is 2.05 bits per heavy atom. The van der Waals surface area contributed by atoms with Gasteiger partial charge in [0.1, 0.15) is 0 Å². The third kappa shape index (κ3) is 4.49. The van der Waals surface area contributed by atoms with Gasteiger partial charge in [-0.2, -0.15) is 0 Å². The van der Waals surface area contributed by atoms with E-state index in [1.165, 1.54) is 4.90 Å². The van der Waals surface area contributed by atoms with Crippen molar-refractivity contribution in [3.05, 3.63) is 30.3 Å². The van der Waals surface area contributed by atoms with Crippen LogP contribution in [0.2, 0.25) is 0 Å². The van der Waals surface area contributed by atoms with Crippen molar-refractivity contribution in [1.82, 2.24) is 14.8 Å². The van der Waals surface area contributed by atoms with Crippen LogP contribution in [0.1, 0.15) is 12.8 Å². The normalized spacial score (nSPS) is 10.1. The predicted octanol–water partition coefficient (Wildman–Crippen LogP) is 1.84. The van der Waals surface area contributed by atoms with Crippen LogP contribution in [0.5, 0.6) is 0 Å². The monoisotopic (exact) mass is 307 g/mol. The Bertz CT molecular complexity index is 590. The molecule has 2 amide bonds. The van der Waals surface area contributed by atoms with Gasteiger partial charge in [-0.1, -0.05) is 27.8 Å². The van der Waals surface area contributed by atoms with Crippen LogP contribution in [-0.4, -0.2) is 38.5 Å². The minimum Gasteiger partial charge on any atom is -0.481 e. The first kappa shape index (κ1) is 14.9. The van der Waals surface area contributed by atoms with Crippen LogP contribution in [0.3, 0.4) is 0 Å². The van der Waals surface area contributed by atoms with Crippen molar-refractivity contribution in [3.63, 3.8) is 0 Å². The fraction of sp³-hybridized carbons (Fsp3) is 0.250. The summed E-state index contributed by atoms with van der Waals surface area (Å²) >= 11 is 0.968. The van der Waals surface area contributed by atoms with E-state index in [1.807, 2.05) is 6.07 Å². The molecule has 0 aliphatic carbocycles. The molecule has 0 spiro atoms. The Balaban J connectivity index is 2.07. The lowest BCUT2D eigenvalue weighted by atomic mass is 10.2. The number of nitrogens with zero attached hydrogens (tertiary/aromatic N) is 4. The molecule has 1 heterocycles. The number of benzene rings is 1. The Morgan fingerprint density at radius 1 is 1.29 bits per heavy atom. The van der Waals surface area contributed by atoms with Crippen molar-refractivity contribution in [3.8, 4) is 0 Å². The molecule has 8 nitrogen and oxygen atoms in total. The topological polar surface area (TPSA) is 108 Å². The van der Waals surface area contributed by atoms with Crippen LogP contribution in [0.4, 0.5) is 15.6 Å². The number of carbonyl (C=O) groups excluding carboxylic acids is 1. The highest BCUT2D eigenvalue weighted by molar-refractivity contribution is 7.09. The summed E-state index contributed by atoms with van der Waals surface area (Å²) in [5, 5.41) is 18.6. The zero-order valence-electron chi connectivity index (χ0n) is 11.0. The summed E-state index contributed by atoms with van der Waals surface area (Å²) in [5.74, 6) is -0.892. The average Bonchev–Trinajstić information content (AvgIpc) is 2.97. The quantitative estimate of drug-likeness (QED) is 0.843. The lowest BCUT2D eigenvalue weighted by Crippen LogP contribution is -2.36. The number of hydrogen-bond acceptors (Lipinski definition) is 6. The van der Waals surface area contributed by atoms with E-state index in [0.29, 0.717) is 17.2 Å². The molecule has 21 heavy (non-hydrogen) atoms. The van der Waals surface area contributed by atoms with E-state index in [0.717, 1.165) is 11.5 Å². The maximum absolute atomic E-state index is 12.3. The predicted molar refractivity (Wildman–Crippen MR) is 77.4 cm³/mol. The van der Waals surface area contributed by atoms with Gasteiger partial charge in [-0.05, 0) is 23.8 Å². The van der Waals surface area contributed by atoms with Gasteiger partial charge in [0.25, 0.3) is 0 Å². The van der Waals surface area contributed by atoms with Crippen LogP contribution in [-0.2, 0) is 4.79 Å². The summed E-state index contributed by atoms with van der Waals surface area (Å²) in [4.78, 5) is 24.3. The van der Waals surface area contributed by atoms with Gasteiger partial charge in [0, 0.05) is 30.2 Å². The number of carbonyl (C=O) groups is 2. The van der Waals surface area contributed by atoms with Gasteiger partial charge in [-0.25, -0.2) is 4.79 Å². The van der Waals surface area contributed by atoms with Crippen molar-refractivity contribution in [2.75, 3.05) is 16.8 Å². The van der Waals surface area contributed by atoms with E-state index >= 15 is 0 Å². The number of nitrogens with one attached hydrogen (secondary N) is 1. The van der Waals surface area contributed by atoms with Gasteiger partial charge < -0.3 is 5.11 Å². The second-order valence-corrected chi connectivity index (χ2v) is 4.81. The molecule has 0 saturated carbocycles. The van der Waals surface area contributed by atoms with Crippen molar-refractivity contribution < 1.29 is 14.7 Å². The van der Waals surface area contributed by atoms with Gasteiger partial charge in [0.15, 0.2) is 0 Å². The molecule has 9 heteroatoms. The van der Waals surface area contributed by atoms with E-state index in [2.05, 4.69) is 20.1 Å². The van der Waals surface area contributed by atoms with Gasteiger partial charge in [0.05, 0.1) is 0 Å². The summed E-state index contributed by atoms with van der Waals surface area (Å²) in [6, 6.07) is 8.60. The fourth-order valence-electron chi connectivity index (χ4n) is 1.69. The summed E-state index contributed by atoms with van der Waals surface area (Å²) < 4.78 is 3.56. The second-order valence-electron chi connectivity index (χ2n) is 4.08. The first-order valence-corrected chi connectivity index (χ1v) is 6.94. The van der Waals surface area contributed by atoms with E-state index in [1.54, 1.807) is 24.3 Å². The lowest BCUT2D eigenvalue weighted by Gasteiger charge is -2.22. The van der Waals surface area contributed by atoms with Crippen molar-refractivity contribution in [2.45, 2.75) is 12.8 Å². The van der Waals surface area contributed by atoms with Crippen LogP contribution in [0, 0.1) is 0 Å². The largest absolute Gasteiger partial charge is 0.481 e. The number of amides is 2. The number of urea groups is 1. The fourth-order valence-corrected chi connectivity index (χ4v) is 2.04. The van der Waals surface area contributed by atoms with E-state index < -0.39 is 12.0 Å². The highest BCUT2D eigenvalue weighted by atomic mass is 32.1. The molecule has 0 saturated heterocycles. The van der Waals surface area contributed by atoms with Crippen LogP contribution in [0.15, 0.2) is 30.3 Å². The first-order chi connectivity index (χ1) is 10.2. The third-order valence-electron chi connectivity index (χ3n) is 2.60. The van der Waals surface area contributed by atoms with E-state index in [9.17, 15) is 9.59 Å². The molecule has 0 bridgehead atoms. The zero-order chi connectivity index (χ0) is 15.1. The van der Waals surface area contributed by atoms with E-state index in [-0.39, 0.29) is 13.0 Å². The summed E-state index contributed by atoms with van der Waals surface area (Å²) in [5.41, 5.74) is 0.679. The molecule has 0 aliphatic rings. The highest BCUT2D eigenvalue weighted by Crippen LogP contribution is 2.16. The SMILES string of the molecule is O=C(O)CCCN(C(=O)Nc1nnns1)c1ccccc1. The smallest absolute Gasteiger partial charge is 0.328 e. The Morgan fingerprint density at radius 3 is 2.67 bits per heavy atom. The molecule has 2 N–H and O–H groups in total. The molecule has 0 unspecified atom stereocenters. The molecular formula is C12H13N5O3S. The number of para-hydroxylation sites is 1. The number of carboxylic acid groups (broad SMARTS) is 1. The van der Waals surface area contributed by atoms with Gasteiger partial charge >= 0.3 is 12.0 Å². The lowest BCUT2D eigenvalue weighted by molar-refractivity contribution is -0.137. The summed E-state index contributed by atoms with van der Waals surface area (Å²) in [7, 11) is 0. The van der Waals surface area contributed by atoms with Crippen LogP contribution < -0.4 is 10.2 Å². The number of aromatic nitrogens is 3. The highest BCUT2D eigenvalue weighted by Gasteiger charge is 2.17. The van der Waals surface area contributed by atoms with Crippen LogP contribution in [0.25, 0.3) is 0 Å². The van der Waals surface area contributed by atoms with E-state index in [4.69, 9.17) is 5.11 Å². The first-order valence-electron chi connectivity index (χ1n) is 6.17. The molecule has 0 radical (unpaired) electrons. The molecule has 110 valence electrons. The summed E-state index contributed by atoms with van der Waals surface area (Å²) in [6.07, 6.45) is 0.350. The summed E-state index contributed by atoms with van der Waals surface area (Å²) in [6.45, 7) is 0.286. The molecule has 0 aliphatic heterocycles. The molecule has 2 aromatic rings. The minimum absolute atomic E-state index is 0.00300. The standard InChI is InChI=1S/C12H13N5O3S/c18-10(19)7-4-8-17(9-5-2-1-3-6-9)12(20)13-11-14-15-16-21-11/h1-3,5-6H,4,7-8H2,(H,18,19)(H,13,14,16,20). The Labute approximate surface area is 124 Å². The molecule has 1 aromatic carbocycles. The molecular weight excluding hydrogens is 294 g/mol. The number of aliphatic carboxylic acids is 1. The minimum atomic E-state index is -0.892. The molecule has 1 aromatic heterocycles. The number of hydrogen-bond donors (Lipinski definition) is 2. The Kier molecular flexibility index (Phi) is 5.16. The van der Waals surface area contributed by atoms with Crippen molar-refractivity contribution >= 4 is 34.4 Å². The maximum Gasteiger partial charge on any atom is 0.328 e.